The molecule has 0 spiro atoms. The monoisotopic (exact) mass is 254 g/mol. The van der Waals surface area contributed by atoms with Crippen LogP contribution >= 0.6 is 0 Å². The van der Waals surface area contributed by atoms with Crippen molar-refractivity contribution in [2.45, 2.75) is 13.1 Å². The maximum Gasteiger partial charge on any atom is 0.337 e. The lowest BCUT2D eigenvalue weighted by atomic mass is 10.2. The van der Waals surface area contributed by atoms with Gasteiger partial charge >= 0.3 is 5.97 Å². The number of carbonyl (C=O) groups excluding carboxylic acids is 1. The smallest absolute Gasteiger partial charge is 0.337 e. The van der Waals surface area contributed by atoms with E-state index in [9.17, 15) is 4.79 Å². The van der Waals surface area contributed by atoms with Crippen molar-refractivity contribution in [3.63, 3.8) is 0 Å². The van der Waals surface area contributed by atoms with Gasteiger partial charge in [-0.15, -0.1) is 0 Å². The Bertz CT molecular complexity index is 373. The van der Waals surface area contributed by atoms with Crippen LogP contribution in [0.1, 0.15) is 10.4 Å². The van der Waals surface area contributed by atoms with Gasteiger partial charge in [0.05, 0.1) is 12.7 Å². The van der Waals surface area contributed by atoms with Crippen LogP contribution in [0, 0.1) is 0 Å². The van der Waals surface area contributed by atoms with Crippen molar-refractivity contribution in [2.24, 2.45) is 0 Å². The van der Waals surface area contributed by atoms with E-state index in [2.05, 4.69) is 17.8 Å². The quantitative estimate of drug-likeness (QED) is 0.597. The van der Waals surface area contributed by atoms with Crippen molar-refractivity contribution < 1.29 is 18.7 Å². The maximum absolute atomic E-state index is 11.2. The summed E-state index contributed by atoms with van der Waals surface area (Å²) in [6.45, 7) is 4.16. The molecule has 0 saturated carbocycles. The summed E-state index contributed by atoms with van der Waals surface area (Å²) < 4.78 is 15.6. The largest absolute Gasteiger partial charge is 0.494 e. The molecule has 1 rings (SSSR count). The Morgan fingerprint density at radius 1 is 1.18 bits per heavy atom. The molecule has 0 N–H and O–H groups in total. The first-order chi connectivity index (χ1) is 7.98. The maximum atomic E-state index is 11.2. The van der Waals surface area contributed by atoms with Crippen LogP contribution in [0.5, 0.6) is 5.75 Å². The highest BCUT2D eigenvalue weighted by molar-refractivity contribution is 6.71. The van der Waals surface area contributed by atoms with Crippen LogP contribution in [0.3, 0.4) is 0 Å². The molecule has 5 heteroatoms. The molecule has 4 nitrogen and oxygen atoms in total. The Hall–Kier alpha value is -1.33. The fraction of sp³-hybridized carbons (Fsp3) is 0.417. The molecule has 0 heterocycles. The number of carbonyl (C=O) groups is 1. The molecule has 94 valence electrons. The van der Waals surface area contributed by atoms with E-state index in [1.807, 2.05) is 0 Å². The first-order valence-electron chi connectivity index (χ1n) is 5.35. The number of rotatable bonds is 5. The molecule has 0 atom stereocenters. The van der Waals surface area contributed by atoms with Crippen molar-refractivity contribution in [1.82, 2.24) is 0 Å². The molecule has 0 aliphatic rings. The number of methoxy groups -OCH3 is 1. The summed E-state index contributed by atoms with van der Waals surface area (Å²) in [6.07, 6.45) is 0.584. The topological polar surface area (TPSA) is 44.8 Å². The predicted molar refractivity (Wildman–Crippen MR) is 67.8 cm³/mol. The summed E-state index contributed by atoms with van der Waals surface area (Å²) in [5, 5.41) is 0. The number of esters is 1. The normalized spacial score (nSPS) is 11.1. The van der Waals surface area contributed by atoms with E-state index in [4.69, 9.17) is 9.16 Å². The van der Waals surface area contributed by atoms with Crippen LogP contribution < -0.4 is 4.74 Å². The highest BCUT2D eigenvalue weighted by Gasteiger charge is 2.21. The van der Waals surface area contributed by atoms with E-state index in [1.165, 1.54) is 7.11 Å². The molecule has 0 bridgehead atoms. The number of hydrogen-bond acceptors (Lipinski definition) is 4. The highest BCUT2D eigenvalue weighted by Crippen LogP contribution is 2.14. The number of hydrogen-bond donors (Lipinski definition) is 0. The van der Waals surface area contributed by atoms with Gasteiger partial charge in [0, 0.05) is 7.11 Å². The van der Waals surface area contributed by atoms with Crippen LogP contribution in [0.25, 0.3) is 0 Å². The standard InChI is InChI=1S/C12H18O4Si/c1-14-12(13)10-5-7-11(8-6-10)16-9-17(3,4)15-2/h5-8H,9H2,1-4H3. The fourth-order valence-electron chi connectivity index (χ4n) is 1.12. The van der Waals surface area contributed by atoms with Crippen LogP contribution in [0.4, 0.5) is 0 Å². The molecule has 0 aliphatic carbocycles. The molecule has 0 aromatic heterocycles. The lowest BCUT2D eigenvalue weighted by Crippen LogP contribution is -2.37. The van der Waals surface area contributed by atoms with E-state index in [0.29, 0.717) is 11.8 Å². The average molecular weight is 254 g/mol. The van der Waals surface area contributed by atoms with Gasteiger partial charge in [0.15, 0.2) is 0 Å². The Kier molecular flexibility index (Phi) is 4.71. The molecule has 0 aliphatic heterocycles. The predicted octanol–water partition coefficient (Wildman–Crippen LogP) is 2.24. The SMILES string of the molecule is COC(=O)c1ccc(OC[Si](C)(C)OC)cc1. The first-order valence-corrected chi connectivity index (χ1v) is 8.46. The van der Waals surface area contributed by atoms with Crippen LogP contribution in [-0.2, 0) is 9.16 Å². The molecule has 0 fully saturated rings. The lowest BCUT2D eigenvalue weighted by Gasteiger charge is -2.20. The van der Waals surface area contributed by atoms with Gasteiger partial charge in [-0.1, -0.05) is 0 Å². The van der Waals surface area contributed by atoms with E-state index >= 15 is 0 Å². The Labute approximate surface area is 103 Å². The van der Waals surface area contributed by atoms with Crippen molar-refractivity contribution in [1.29, 1.82) is 0 Å². The zero-order valence-corrected chi connectivity index (χ0v) is 11.6. The zero-order chi connectivity index (χ0) is 12.9. The van der Waals surface area contributed by atoms with Crippen molar-refractivity contribution >= 4 is 14.3 Å². The molecular formula is C12H18O4Si. The third-order valence-corrected chi connectivity index (χ3v) is 4.36. The summed E-state index contributed by atoms with van der Waals surface area (Å²) >= 11 is 0. The average Bonchev–Trinajstić information content (AvgIpc) is 2.36. The molecule has 0 unspecified atom stereocenters. The minimum Gasteiger partial charge on any atom is -0.494 e. The minimum absolute atomic E-state index is 0.344. The van der Waals surface area contributed by atoms with Gasteiger partial charge in [-0.25, -0.2) is 4.79 Å². The van der Waals surface area contributed by atoms with Crippen LogP contribution in [0.15, 0.2) is 24.3 Å². The lowest BCUT2D eigenvalue weighted by molar-refractivity contribution is 0.0600. The molecule has 17 heavy (non-hydrogen) atoms. The van der Waals surface area contributed by atoms with Gasteiger partial charge in [0.2, 0.25) is 8.32 Å². The summed E-state index contributed by atoms with van der Waals surface area (Å²) in [5.74, 6) is 0.387. The van der Waals surface area contributed by atoms with Gasteiger partial charge < -0.3 is 13.9 Å². The van der Waals surface area contributed by atoms with Crippen molar-refractivity contribution in [3.8, 4) is 5.75 Å². The summed E-state index contributed by atoms with van der Waals surface area (Å²) in [4.78, 5) is 11.2. The first kappa shape index (κ1) is 13.7. The second-order valence-corrected chi connectivity index (χ2v) is 8.48. The Morgan fingerprint density at radius 2 is 1.76 bits per heavy atom. The third-order valence-electron chi connectivity index (χ3n) is 2.41. The van der Waals surface area contributed by atoms with Crippen molar-refractivity contribution in [2.75, 3.05) is 20.4 Å². The second kappa shape index (κ2) is 5.84. The van der Waals surface area contributed by atoms with Gasteiger partial charge in [0.1, 0.15) is 12.0 Å². The second-order valence-electron chi connectivity index (χ2n) is 4.27. The molecule has 0 radical (unpaired) electrons. The summed E-state index contributed by atoms with van der Waals surface area (Å²) in [7, 11) is 1.35. The van der Waals surface area contributed by atoms with Crippen LogP contribution in [0.2, 0.25) is 13.1 Å². The van der Waals surface area contributed by atoms with E-state index < -0.39 is 8.32 Å². The zero-order valence-electron chi connectivity index (χ0n) is 10.6. The highest BCUT2D eigenvalue weighted by atomic mass is 28.4. The Balaban J connectivity index is 2.60. The fourth-order valence-corrected chi connectivity index (χ4v) is 1.75. The molecule has 1 aromatic carbocycles. The van der Waals surface area contributed by atoms with Gasteiger partial charge in [0.25, 0.3) is 0 Å². The van der Waals surface area contributed by atoms with E-state index in [-0.39, 0.29) is 5.97 Å². The molecule has 0 saturated heterocycles. The third kappa shape index (κ3) is 4.20. The molecular weight excluding hydrogens is 236 g/mol. The van der Waals surface area contributed by atoms with E-state index in [1.54, 1.807) is 31.4 Å². The molecule has 0 amide bonds. The minimum atomic E-state index is -1.72. The molecule has 1 aromatic rings. The Morgan fingerprint density at radius 3 is 2.24 bits per heavy atom. The van der Waals surface area contributed by atoms with E-state index in [0.717, 1.165) is 5.75 Å². The van der Waals surface area contributed by atoms with Gasteiger partial charge in [-0.05, 0) is 37.4 Å². The summed E-state index contributed by atoms with van der Waals surface area (Å²) in [6, 6.07) is 6.88. The van der Waals surface area contributed by atoms with Crippen molar-refractivity contribution in [3.05, 3.63) is 29.8 Å². The van der Waals surface area contributed by atoms with Crippen LogP contribution in [-0.4, -0.2) is 34.7 Å². The number of ether oxygens (including phenoxy) is 2. The summed E-state index contributed by atoms with van der Waals surface area (Å²) in [5.41, 5.74) is 0.517. The number of benzene rings is 1. The van der Waals surface area contributed by atoms with Gasteiger partial charge in [-0.3, -0.25) is 0 Å². The van der Waals surface area contributed by atoms with Gasteiger partial charge in [-0.2, -0.15) is 0 Å².